The zero-order chi connectivity index (χ0) is 13.4. The van der Waals surface area contributed by atoms with Crippen molar-refractivity contribution in [1.82, 2.24) is 4.90 Å². The minimum Gasteiger partial charge on any atom is -0.481 e. The second-order valence-corrected chi connectivity index (χ2v) is 5.32. The zero-order valence-corrected chi connectivity index (χ0v) is 11.4. The van der Waals surface area contributed by atoms with Gasteiger partial charge in [-0.25, -0.2) is 0 Å². The highest BCUT2D eigenvalue weighted by Gasteiger charge is 2.21. The molecule has 1 aliphatic rings. The molecule has 4 heteroatoms. The molecule has 18 heavy (non-hydrogen) atoms. The van der Waals surface area contributed by atoms with E-state index in [9.17, 15) is 9.59 Å². The van der Waals surface area contributed by atoms with E-state index >= 15 is 0 Å². The van der Waals surface area contributed by atoms with Gasteiger partial charge in [0.15, 0.2) is 0 Å². The van der Waals surface area contributed by atoms with Crippen molar-refractivity contribution in [2.75, 3.05) is 13.1 Å². The number of carboxylic acid groups (broad SMARTS) is 1. The first-order chi connectivity index (χ1) is 8.59. The Morgan fingerprint density at radius 3 is 2.17 bits per heavy atom. The minimum absolute atomic E-state index is 0.127. The average Bonchev–Trinajstić information content (AvgIpc) is 2.23. The fourth-order valence-electron chi connectivity index (χ4n) is 2.72. The number of aliphatic carboxylic acids is 1. The highest BCUT2D eigenvalue weighted by Crippen LogP contribution is 2.21. The van der Waals surface area contributed by atoms with Crippen molar-refractivity contribution in [3.8, 4) is 0 Å². The summed E-state index contributed by atoms with van der Waals surface area (Å²) in [6.07, 6.45) is 8.59. The van der Waals surface area contributed by atoms with Crippen LogP contribution in [0.2, 0.25) is 0 Å². The van der Waals surface area contributed by atoms with Crippen molar-refractivity contribution in [3.05, 3.63) is 0 Å². The van der Waals surface area contributed by atoms with Crippen molar-refractivity contribution in [2.24, 2.45) is 0 Å². The third-order valence-electron chi connectivity index (χ3n) is 3.63. The minimum atomic E-state index is -0.783. The van der Waals surface area contributed by atoms with Gasteiger partial charge in [0, 0.05) is 12.6 Å². The summed E-state index contributed by atoms with van der Waals surface area (Å²) in [4.78, 5) is 24.1. The number of ketones is 1. The first-order valence-electron chi connectivity index (χ1n) is 7.05. The van der Waals surface area contributed by atoms with Crippen LogP contribution in [0.5, 0.6) is 0 Å². The van der Waals surface area contributed by atoms with Crippen LogP contribution in [0.15, 0.2) is 0 Å². The van der Waals surface area contributed by atoms with Crippen LogP contribution in [-0.4, -0.2) is 40.9 Å². The first-order valence-corrected chi connectivity index (χ1v) is 7.05. The summed E-state index contributed by atoms with van der Waals surface area (Å²) >= 11 is 0. The van der Waals surface area contributed by atoms with Crippen LogP contribution in [0.1, 0.15) is 58.3 Å². The molecule has 1 saturated carbocycles. The lowest BCUT2D eigenvalue weighted by atomic mass is 9.95. The SMILES string of the molecule is CC(=O)CN(CCC(=O)O)C1CCCCCCC1. The normalized spacial score (nSPS) is 18.3. The molecule has 0 aromatic carbocycles. The second kappa shape index (κ2) is 8.25. The number of hydrogen-bond acceptors (Lipinski definition) is 3. The maximum absolute atomic E-state index is 11.3. The van der Waals surface area contributed by atoms with Crippen LogP contribution in [0.25, 0.3) is 0 Å². The largest absolute Gasteiger partial charge is 0.481 e. The molecule has 0 spiro atoms. The maximum Gasteiger partial charge on any atom is 0.304 e. The molecule has 4 nitrogen and oxygen atoms in total. The highest BCUT2D eigenvalue weighted by atomic mass is 16.4. The molecule has 0 saturated heterocycles. The maximum atomic E-state index is 11.3. The molecule has 0 aliphatic heterocycles. The van der Waals surface area contributed by atoms with Crippen LogP contribution in [0.4, 0.5) is 0 Å². The number of hydrogen-bond donors (Lipinski definition) is 1. The van der Waals surface area contributed by atoms with E-state index in [1.165, 1.54) is 32.1 Å². The number of carboxylic acids is 1. The van der Waals surface area contributed by atoms with Gasteiger partial charge in [-0.3, -0.25) is 14.5 Å². The van der Waals surface area contributed by atoms with Crippen molar-refractivity contribution in [2.45, 2.75) is 64.3 Å². The van der Waals surface area contributed by atoms with Gasteiger partial charge in [-0.1, -0.05) is 32.1 Å². The molecule has 0 aromatic heterocycles. The second-order valence-electron chi connectivity index (χ2n) is 5.32. The molecule has 0 bridgehead atoms. The van der Waals surface area contributed by atoms with Crippen molar-refractivity contribution in [1.29, 1.82) is 0 Å². The summed E-state index contributed by atoms with van der Waals surface area (Å²) in [6.45, 7) is 2.48. The van der Waals surface area contributed by atoms with Crippen LogP contribution in [0, 0.1) is 0 Å². The Bertz CT molecular complexity index is 270. The lowest BCUT2D eigenvalue weighted by Gasteiger charge is -2.32. The van der Waals surface area contributed by atoms with E-state index in [0.29, 0.717) is 19.1 Å². The molecule has 0 unspecified atom stereocenters. The molecule has 0 heterocycles. The lowest BCUT2D eigenvalue weighted by molar-refractivity contribution is -0.138. The van der Waals surface area contributed by atoms with E-state index in [2.05, 4.69) is 4.90 Å². The molecule has 1 fully saturated rings. The monoisotopic (exact) mass is 255 g/mol. The fourth-order valence-corrected chi connectivity index (χ4v) is 2.72. The number of carbonyl (C=O) groups excluding carboxylic acids is 1. The summed E-state index contributed by atoms with van der Waals surface area (Å²) in [5, 5.41) is 8.78. The average molecular weight is 255 g/mol. The van der Waals surface area contributed by atoms with E-state index in [1.807, 2.05) is 0 Å². The quantitative estimate of drug-likeness (QED) is 0.792. The van der Waals surface area contributed by atoms with Gasteiger partial charge in [-0.05, 0) is 19.8 Å². The van der Waals surface area contributed by atoms with Crippen molar-refractivity contribution in [3.63, 3.8) is 0 Å². The van der Waals surface area contributed by atoms with E-state index < -0.39 is 5.97 Å². The first kappa shape index (κ1) is 15.2. The van der Waals surface area contributed by atoms with Crippen molar-refractivity contribution < 1.29 is 14.7 Å². The van der Waals surface area contributed by atoms with Gasteiger partial charge < -0.3 is 5.11 Å². The summed E-state index contributed by atoms with van der Waals surface area (Å²) in [5.74, 6) is -0.656. The van der Waals surface area contributed by atoms with Gasteiger partial charge in [0.2, 0.25) is 0 Å². The van der Waals surface area contributed by atoms with Crippen LogP contribution < -0.4 is 0 Å². The Labute approximate surface area is 109 Å². The third kappa shape index (κ3) is 6.15. The predicted octanol–water partition coefficient (Wildman–Crippen LogP) is 2.46. The molecule has 0 aromatic rings. The molecule has 1 N–H and O–H groups in total. The zero-order valence-electron chi connectivity index (χ0n) is 11.4. The van der Waals surface area contributed by atoms with Gasteiger partial charge in [0.1, 0.15) is 5.78 Å². The number of rotatable bonds is 6. The van der Waals surface area contributed by atoms with Gasteiger partial charge in [0.25, 0.3) is 0 Å². The summed E-state index contributed by atoms with van der Waals surface area (Å²) in [6, 6.07) is 0.397. The van der Waals surface area contributed by atoms with E-state index in [1.54, 1.807) is 6.92 Å². The Morgan fingerprint density at radius 1 is 1.11 bits per heavy atom. The molecular formula is C14H25NO3. The number of nitrogens with zero attached hydrogens (tertiary/aromatic N) is 1. The van der Waals surface area contributed by atoms with E-state index in [4.69, 9.17) is 5.11 Å². The Hall–Kier alpha value is -0.900. The van der Waals surface area contributed by atoms with Crippen LogP contribution >= 0.6 is 0 Å². The highest BCUT2D eigenvalue weighted by molar-refractivity contribution is 5.77. The summed E-state index contributed by atoms with van der Waals surface area (Å²) in [7, 11) is 0. The van der Waals surface area contributed by atoms with E-state index in [-0.39, 0.29) is 12.2 Å². The van der Waals surface area contributed by atoms with Gasteiger partial charge in [0.05, 0.1) is 13.0 Å². The fraction of sp³-hybridized carbons (Fsp3) is 0.857. The Kier molecular flexibility index (Phi) is 6.94. The standard InChI is InChI=1S/C14H25NO3/c1-12(16)11-15(10-9-14(17)18)13-7-5-3-2-4-6-8-13/h13H,2-11H2,1H3,(H,17,18). The molecule has 104 valence electrons. The molecular weight excluding hydrogens is 230 g/mol. The lowest BCUT2D eigenvalue weighted by Crippen LogP contribution is -2.40. The van der Waals surface area contributed by atoms with Gasteiger partial charge in [-0.2, -0.15) is 0 Å². The topological polar surface area (TPSA) is 57.6 Å². The Balaban J connectivity index is 2.53. The third-order valence-corrected chi connectivity index (χ3v) is 3.63. The molecule has 0 amide bonds. The molecule has 0 atom stereocenters. The molecule has 0 radical (unpaired) electrons. The number of Topliss-reactive ketones (excluding diaryl/α,β-unsaturated/α-hetero) is 1. The van der Waals surface area contributed by atoms with Gasteiger partial charge >= 0.3 is 5.97 Å². The van der Waals surface area contributed by atoms with Gasteiger partial charge in [-0.15, -0.1) is 0 Å². The molecule has 1 rings (SSSR count). The van der Waals surface area contributed by atoms with Crippen LogP contribution in [-0.2, 0) is 9.59 Å². The number of carbonyl (C=O) groups is 2. The van der Waals surface area contributed by atoms with Crippen LogP contribution in [0.3, 0.4) is 0 Å². The van der Waals surface area contributed by atoms with Crippen molar-refractivity contribution >= 4 is 11.8 Å². The summed E-state index contributed by atoms with van der Waals surface area (Å²) in [5.41, 5.74) is 0. The van der Waals surface area contributed by atoms with E-state index in [0.717, 1.165) is 12.8 Å². The smallest absolute Gasteiger partial charge is 0.304 e. The summed E-state index contributed by atoms with van der Waals surface area (Å²) < 4.78 is 0. The predicted molar refractivity (Wildman–Crippen MR) is 70.6 cm³/mol. The Morgan fingerprint density at radius 2 is 1.67 bits per heavy atom. The molecule has 1 aliphatic carbocycles.